The van der Waals surface area contributed by atoms with Crippen LogP contribution in [0.3, 0.4) is 0 Å². The van der Waals surface area contributed by atoms with Crippen molar-refractivity contribution in [1.82, 2.24) is 24.7 Å². The van der Waals surface area contributed by atoms with Gasteiger partial charge < -0.3 is 0 Å². The van der Waals surface area contributed by atoms with Crippen molar-refractivity contribution in [2.45, 2.75) is 19.9 Å². The lowest BCUT2D eigenvalue weighted by atomic mass is 10.4. The molecule has 0 spiro atoms. The molecule has 0 fully saturated rings. The van der Waals surface area contributed by atoms with Crippen molar-refractivity contribution >= 4 is 59.6 Å². The van der Waals surface area contributed by atoms with E-state index in [1.54, 1.807) is 30.1 Å². The van der Waals surface area contributed by atoms with Gasteiger partial charge in [-0.15, -0.1) is 48.6 Å². The van der Waals surface area contributed by atoms with Crippen molar-refractivity contribution in [2.75, 3.05) is 0 Å². The average Bonchev–Trinajstić information content (AvgIpc) is 2.97. The predicted molar refractivity (Wildman–Crippen MR) is 87.7 cm³/mol. The van der Waals surface area contributed by atoms with Gasteiger partial charge in [0, 0.05) is 11.6 Å². The van der Waals surface area contributed by atoms with Crippen LogP contribution in [0.4, 0.5) is 0 Å². The molecule has 0 amide bonds. The molecule has 0 bridgehead atoms. The molecular weight excluding hydrogens is 341 g/mol. The summed E-state index contributed by atoms with van der Waals surface area (Å²) in [4.78, 5) is 12.7. The zero-order valence-corrected chi connectivity index (χ0v) is 13.9. The second-order valence-electron chi connectivity index (χ2n) is 3.69. The summed E-state index contributed by atoms with van der Waals surface area (Å²) in [6.45, 7) is 2.77. The van der Waals surface area contributed by atoms with Gasteiger partial charge in [-0.1, -0.05) is 6.92 Å². The molecule has 0 radical (unpaired) electrons. The normalized spacial score (nSPS) is 9.45. The Bertz CT molecular complexity index is 654. The molecule has 5 nitrogen and oxygen atoms in total. The Labute approximate surface area is 139 Å². The molecule has 0 aliphatic heterocycles. The molecule has 0 saturated carbocycles. The third-order valence-electron chi connectivity index (χ3n) is 2.51. The molecule has 110 valence electrons. The van der Waals surface area contributed by atoms with Crippen molar-refractivity contribution in [3.63, 3.8) is 0 Å². The number of aromatic nitrogens is 5. The van der Waals surface area contributed by atoms with E-state index in [2.05, 4.69) is 32.4 Å². The SMILES string of the molecule is CCc1nc(Cn2ncc3cncnc32)cs1.Cl.Cl.Cl. The van der Waals surface area contributed by atoms with E-state index in [-0.39, 0.29) is 37.2 Å². The third-order valence-corrected chi connectivity index (χ3v) is 3.55. The summed E-state index contributed by atoms with van der Waals surface area (Å²) >= 11 is 1.69. The van der Waals surface area contributed by atoms with Crippen LogP contribution in [0.2, 0.25) is 0 Å². The summed E-state index contributed by atoms with van der Waals surface area (Å²) in [7, 11) is 0. The van der Waals surface area contributed by atoms with Crippen LogP contribution >= 0.6 is 48.6 Å². The molecule has 0 aliphatic rings. The highest BCUT2D eigenvalue weighted by molar-refractivity contribution is 7.09. The van der Waals surface area contributed by atoms with Crippen molar-refractivity contribution in [3.8, 4) is 0 Å². The van der Waals surface area contributed by atoms with E-state index in [0.29, 0.717) is 6.54 Å². The molecule has 0 N–H and O–H groups in total. The van der Waals surface area contributed by atoms with Crippen LogP contribution in [-0.4, -0.2) is 24.7 Å². The summed E-state index contributed by atoms with van der Waals surface area (Å²) in [5.74, 6) is 0. The Morgan fingerprint density at radius 2 is 2.00 bits per heavy atom. The quantitative estimate of drug-likeness (QED) is 0.725. The molecular formula is C11H14Cl3N5S. The molecule has 20 heavy (non-hydrogen) atoms. The van der Waals surface area contributed by atoms with Crippen LogP contribution in [0.5, 0.6) is 0 Å². The van der Waals surface area contributed by atoms with Crippen LogP contribution in [0.25, 0.3) is 11.0 Å². The summed E-state index contributed by atoms with van der Waals surface area (Å²) in [6, 6.07) is 0. The largest absolute Gasteiger partial charge is 0.244 e. The summed E-state index contributed by atoms with van der Waals surface area (Å²) in [5, 5.41) is 8.50. The van der Waals surface area contributed by atoms with Crippen LogP contribution in [-0.2, 0) is 13.0 Å². The van der Waals surface area contributed by atoms with Gasteiger partial charge in [-0.3, -0.25) is 0 Å². The van der Waals surface area contributed by atoms with Crippen LogP contribution in [0, 0.1) is 0 Å². The third kappa shape index (κ3) is 3.79. The summed E-state index contributed by atoms with van der Waals surface area (Å²) in [6.07, 6.45) is 6.07. The number of rotatable bonds is 3. The van der Waals surface area contributed by atoms with E-state index >= 15 is 0 Å². The van der Waals surface area contributed by atoms with Gasteiger partial charge in [0.25, 0.3) is 0 Å². The standard InChI is InChI=1S/C11H11N5S.3ClH/c1-2-10-15-9(6-17-10)5-16-11-8(4-14-16)3-12-7-13-11;;;/h3-4,6-7H,2,5H2,1H3;3*1H. The Morgan fingerprint density at radius 1 is 1.20 bits per heavy atom. The zero-order chi connectivity index (χ0) is 11.7. The predicted octanol–water partition coefficient (Wildman–Crippen LogP) is 3.16. The van der Waals surface area contributed by atoms with Gasteiger partial charge in [0.15, 0.2) is 5.65 Å². The number of hydrogen-bond acceptors (Lipinski definition) is 5. The molecule has 0 unspecified atom stereocenters. The maximum atomic E-state index is 4.52. The molecule has 3 heterocycles. The van der Waals surface area contributed by atoms with Crippen molar-refractivity contribution in [1.29, 1.82) is 0 Å². The Morgan fingerprint density at radius 3 is 2.70 bits per heavy atom. The van der Waals surface area contributed by atoms with Gasteiger partial charge in [0.1, 0.15) is 6.33 Å². The first-order valence-corrected chi connectivity index (χ1v) is 6.29. The van der Waals surface area contributed by atoms with Crippen LogP contribution < -0.4 is 0 Å². The number of nitrogens with zero attached hydrogens (tertiary/aromatic N) is 5. The Kier molecular flexibility index (Phi) is 7.96. The topological polar surface area (TPSA) is 56.5 Å². The fourth-order valence-electron chi connectivity index (χ4n) is 1.68. The monoisotopic (exact) mass is 353 g/mol. The highest BCUT2D eigenvalue weighted by Gasteiger charge is 2.06. The molecule has 3 aromatic rings. The average molecular weight is 355 g/mol. The van der Waals surface area contributed by atoms with Gasteiger partial charge in [0.05, 0.1) is 28.8 Å². The minimum Gasteiger partial charge on any atom is -0.244 e. The van der Waals surface area contributed by atoms with Gasteiger partial charge >= 0.3 is 0 Å². The zero-order valence-electron chi connectivity index (χ0n) is 10.6. The minimum absolute atomic E-state index is 0. The van der Waals surface area contributed by atoms with Crippen LogP contribution in [0.1, 0.15) is 17.6 Å². The highest BCUT2D eigenvalue weighted by atomic mass is 35.5. The molecule has 0 atom stereocenters. The first-order valence-electron chi connectivity index (χ1n) is 5.41. The first-order chi connectivity index (χ1) is 8.36. The van der Waals surface area contributed by atoms with Gasteiger partial charge in [-0.2, -0.15) is 5.10 Å². The fraction of sp³-hybridized carbons (Fsp3) is 0.273. The lowest BCUT2D eigenvalue weighted by Gasteiger charge is -1.98. The van der Waals surface area contributed by atoms with Crippen molar-refractivity contribution < 1.29 is 0 Å². The van der Waals surface area contributed by atoms with Gasteiger partial charge in [-0.25, -0.2) is 19.6 Å². The van der Waals surface area contributed by atoms with E-state index < -0.39 is 0 Å². The van der Waals surface area contributed by atoms with Gasteiger partial charge in [-0.05, 0) is 6.42 Å². The summed E-state index contributed by atoms with van der Waals surface area (Å²) < 4.78 is 1.85. The maximum Gasteiger partial charge on any atom is 0.161 e. The number of fused-ring (bicyclic) bond motifs is 1. The highest BCUT2D eigenvalue weighted by Crippen LogP contribution is 2.14. The number of thiazole rings is 1. The van der Waals surface area contributed by atoms with Crippen LogP contribution in [0.15, 0.2) is 24.1 Å². The Balaban J connectivity index is 0.00000120. The number of aryl methyl sites for hydroxylation is 1. The van der Waals surface area contributed by atoms with Crippen molar-refractivity contribution in [2.24, 2.45) is 0 Å². The molecule has 0 aromatic carbocycles. The molecule has 0 aliphatic carbocycles. The van der Waals surface area contributed by atoms with E-state index in [1.807, 2.05) is 4.68 Å². The minimum atomic E-state index is 0. The molecule has 9 heteroatoms. The lowest BCUT2D eigenvalue weighted by Crippen LogP contribution is -2.03. The molecule has 0 saturated heterocycles. The fourth-order valence-corrected chi connectivity index (χ4v) is 2.42. The van der Waals surface area contributed by atoms with E-state index in [0.717, 1.165) is 28.2 Å². The Hall–Kier alpha value is -0.950. The maximum absolute atomic E-state index is 4.52. The lowest BCUT2D eigenvalue weighted by molar-refractivity contribution is 0.690. The number of hydrogen-bond donors (Lipinski definition) is 0. The van der Waals surface area contributed by atoms with Gasteiger partial charge in [0.2, 0.25) is 0 Å². The summed E-state index contributed by atoms with van der Waals surface area (Å²) in [5.41, 5.74) is 1.89. The smallest absolute Gasteiger partial charge is 0.161 e. The number of halogens is 3. The second kappa shape index (κ2) is 8.36. The molecule has 3 rings (SSSR count). The second-order valence-corrected chi connectivity index (χ2v) is 4.63. The van der Waals surface area contributed by atoms with E-state index in [1.165, 1.54) is 0 Å². The van der Waals surface area contributed by atoms with Crippen molar-refractivity contribution in [3.05, 3.63) is 34.8 Å². The molecule has 3 aromatic heterocycles. The first kappa shape index (κ1) is 19.1. The van der Waals surface area contributed by atoms with E-state index in [9.17, 15) is 0 Å². The van der Waals surface area contributed by atoms with E-state index in [4.69, 9.17) is 0 Å².